The second kappa shape index (κ2) is 7.56. The van der Waals surface area contributed by atoms with Crippen molar-refractivity contribution in [3.63, 3.8) is 0 Å². The number of aromatic nitrogens is 1. The first-order valence-corrected chi connectivity index (χ1v) is 8.30. The molecule has 2 rings (SSSR count). The van der Waals surface area contributed by atoms with E-state index < -0.39 is 0 Å². The Morgan fingerprint density at radius 2 is 1.67 bits per heavy atom. The summed E-state index contributed by atoms with van der Waals surface area (Å²) in [6.07, 6.45) is 1.96. The number of hydrogen-bond acceptors (Lipinski definition) is 0. The molecule has 1 aromatic carbocycles. The second-order valence-electron chi connectivity index (χ2n) is 4.09. The molecule has 0 aliphatic heterocycles. The minimum Gasteiger partial charge on any atom is -0.361 e. The molecule has 1 aromatic heterocycles. The Morgan fingerprint density at radius 1 is 1.06 bits per heavy atom. The van der Waals surface area contributed by atoms with Crippen molar-refractivity contribution in [2.45, 2.75) is 20.8 Å². The molecular weight excluding hydrogens is 421 g/mol. The van der Waals surface area contributed by atoms with E-state index in [4.69, 9.17) is 0 Å². The maximum absolute atomic E-state index is 3.25. The normalized spacial score (nSPS) is 9.67. The van der Waals surface area contributed by atoms with Crippen molar-refractivity contribution in [3.05, 3.63) is 47.2 Å². The van der Waals surface area contributed by atoms with Crippen molar-refractivity contribution < 1.29 is 0 Å². The molecule has 0 fully saturated rings. The van der Waals surface area contributed by atoms with E-state index in [9.17, 15) is 0 Å². The highest BCUT2D eigenvalue weighted by Crippen LogP contribution is 2.25. The van der Waals surface area contributed by atoms with Crippen LogP contribution >= 0.6 is 47.3 Å². The Bertz CT molecular complexity index is 492. The Balaban J connectivity index is 0.000000357. The lowest BCUT2D eigenvalue weighted by Gasteiger charge is -2.08. The van der Waals surface area contributed by atoms with Crippen molar-refractivity contribution in [1.29, 1.82) is 0 Å². The average molecular weight is 436 g/mol. The molecule has 0 spiro atoms. The molecule has 0 aliphatic rings. The van der Waals surface area contributed by atoms with Crippen molar-refractivity contribution >= 4 is 50.5 Å². The van der Waals surface area contributed by atoms with Gasteiger partial charge < -0.3 is 4.98 Å². The van der Waals surface area contributed by atoms with Gasteiger partial charge in [0.05, 0.1) is 0 Å². The van der Waals surface area contributed by atoms with E-state index in [0.29, 0.717) is 0 Å². The monoisotopic (exact) mass is 433 g/mol. The van der Waals surface area contributed by atoms with Gasteiger partial charge in [-0.15, -0.1) is 47.3 Å². The van der Waals surface area contributed by atoms with E-state index >= 15 is 0 Å². The van der Waals surface area contributed by atoms with Crippen LogP contribution in [0.1, 0.15) is 16.7 Å². The maximum atomic E-state index is 3.25. The molecule has 0 aliphatic carbocycles. The van der Waals surface area contributed by atoms with E-state index in [-0.39, 0.29) is 3.18 Å². The average Bonchev–Trinajstić information content (AvgIpc) is 2.75. The summed E-state index contributed by atoms with van der Waals surface area (Å²) in [5.41, 5.74) is 6.55. The standard InChI is InChI=1S/C13H15N.BBr3/c1-9-7-10(2)11(3)12(8-9)13-5-4-6-14-13;2-1(3)4/h4-8,14H,1-3H3;. The van der Waals surface area contributed by atoms with Crippen molar-refractivity contribution in [3.8, 4) is 11.3 Å². The van der Waals surface area contributed by atoms with E-state index in [2.05, 4.69) is 91.2 Å². The van der Waals surface area contributed by atoms with Crippen LogP contribution in [-0.4, -0.2) is 8.17 Å². The van der Waals surface area contributed by atoms with Crippen LogP contribution in [0.15, 0.2) is 30.5 Å². The van der Waals surface area contributed by atoms with Crippen LogP contribution in [-0.2, 0) is 0 Å². The van der Waals surface area contributed by atoms with E-state index in [1.54, 1.807) is 0 Å². The topological polar surface area (TPSA) is 15.8 Å². The largest absolute Gasteiger partial charge is 0.369 e. The van der Waals surface area contributed by atoms with Gasteiger partial charge in [0, 0.05) is 17.5 Å². The smallest absolute Gasteiger partial charge is 0.361 e. The number of hydrogen-bond donors (Lipinski definition) is 1. The summed E-state index contributed by atoms with van der Waals surface area (Å²) >= 11 is 9.31. The number of benzene rings is 1. The zero-order chi connectivity index (χ0) is 13.7. The molecule has 0 radical (unpaired) electrons. The molecule has 1 heterocycles. The van der Waals surface area contributed by atoms with Gasteiger partial charge in [-0.05, 0) is 50.1 Å². The predicted molar refractivity (Wildman–Crippen MR) is 93.0 cm³/mol. The number of aryl methyl sites for hydroxylation is 2. The molecule has 0 bridgehead atoms. The summed E-state index contributed by atoms with van der Waals surface area (Å²) in [6.45, 7) is 6.47. The van der Waals surface area contributed by atoms with Gasteiger partial charge in [-0.3, -0.25) is 0 Å². The number of halogens is 3. The maximum Gasteiger partial charge on any atom is 0.369 e. The molecule has 18 heavy (non-hydrogen) atoms. The van der Waals surface area contributed by atoms with Gasteiger partial charge in [0.2, 0.25) is 0 Å². The number of aromatic amines is 1. The zero-order valence-electron chi connectivity index (χ0n) is 10.6. The second-order valence-corrected chi connectivity index (χ2v) is 10.5. The van der Waals surface area contributed by atoms with Crippen molar-refractivity contribution in [2.75, 3.05) is 0 Å². The lowest BCUT2D eigenvalue weighted by molar-refractivity contribution is 1.28. The summed E-state index contributed by atoms with van der Waals surface area (Å²) in [5, 5.41) is 0. The lowest BCUT2D eigenvalue weighted by Crippen LogP contribution is -1.89. The van der Waals surface area contributed by atoms with E-state index in [0.717, 1.165) is 0 Å². The van der Waals surface area contributed by atoms with Crippen LogP contribution in [0.4, 0.5) is 0 Å². The molecule has 0 saturated heterocycles. The minimum atomic E-state index is 0.271. The quantitative estimate of drug-likeness (QED) is 0.548. The van der Waals surface area contributed by atoms with Crippen molar-refractivity contribution in [1.82, 2.24) is 4.98 Å². The Labute approximate surface area is 134 Å². The molecule has 0 saturated carbocycles. The van der Waals surface area contributed by atoms with Gasteiger partial charge in [-0.25, -0.2) is 0 Å². The van der Waals surface area contributed by atoms with Gasteiger partial charge >= 0.3 is 3.18 Å². The Morgan fingerprint density at radius 3 is 2.17 bits per heavy atom. The van der Waals surface area contributed by atoms with Gasteiger partial charge in [-0.2, -0.15) is 0 Å². The van der Waals surface area contributed by atoms with Crippen molar-refractivity contribution in [2.24, 2.45) is 0 Å². The van der Waals surface area contributed by atoms with Crippen LogP contribution in [0, 0.1) is 20.8 Å². The van der Waals surface area contributed by atoms with Crippen LogP contribution in [0.25, 0.3) is 11.3 Å². The third kappa shape index (κ3) is 4.94. The number of nitrogens with one attached hydrogen (secondary N) is 1. The van der Waals surface area contributed by atoms with Crippen LogP contribution < -0.4 is 0 Å². The summed E-state index contributed by atoms with van der Waals surface area (Å²) in [4.78, 5) is 3.25. The van der Waals surface area contributed by atoms with E-state index in [1.165, 1.54) is 27.9 Å². The number of H-pyrrole nitrogens is 1. The highest BCUT2D eigenvalue weighted by Gasteiger charge is 2.05. The Kier molecular flexibility index (Phi) is 6.74. The molecule has 0 atom stereocenters. The van der Waals surface area contributed by atoms with Crippen LogP contribution in [0.5, 0.6) is 0 Å². The Hall–Kier alpha value is 0.00494. The molecular formula is C13H15BBr3N. The first-order chi connectivity index (χ1) is 8.41. The highest BCUT2D eigenvalue weighted by molar-refractivity contribution is 9.69. The third-order valence-corrected chi connectivity index (χ3v) is 2.70. The molecule has 5 heteroatoms. The van der Waals surface area contributed by atoms with Crippen LogP contribution in [0.3, 0.4) is 0 Å². The molecule has 1 N–H and O–H groups in total. The van der Waals surface area contributed by atoms with Gasteiger partial charge in [0.1, 0.15) is 0 Å². The fourth-order valence-electron chi connectivity index (χ4n) is 1.82. The van der Waals surface area contributed by atoms with Crippen LogP contribution in [0.2, 0.25) is 0 Å². The molecule has 96 valence electrons. The first kappa shape index (κ1) is 16.1. The van der Waals surface area contributed by atoms with E-state index in [1.807, 2.05) is 12.3 Å². The fraction of sp³-hybridized carbons (Fsp3) is 0.231. The summed E-state index contributed by atoms with van der Waals surface area (Å²) in [5.74, 6) is 0. The first-order valence-electron chi connectivity index (χ1n) is 5.55. The highest BCUT2D eigenvalue weighted by atomic mass is 79.9. The number of rotatable bonds is 1. The lowest BCUT2D eigenvalue weighted by atomic mass is 9.98. The van der Waals surface area contributed by atoms with Gasteiger partial charge in [0.25, 0.3) is 0 Å². The molecule has 2 aromatic rings. The van der Waals surface area contributed by atoms with Gasteiger partial charge in [-0.1, -0.05) is 11.6 Å². The minimum absolute atomic E-state index is 0.271. The fourth-order valence-corrected chi connectivity index (χ4v) is 1.82. The van der Waals surface area contributed by atoms with Gasteiger partial charge in [0.15, 0.2) is 0 Å². The zero-order valence-corrected chi connectivity index (χ0v) is 15.4. The third-order valence-electron chi connectivity index (χ3n) is 2.70. The molecule has 0 amide bonds. The summed E-state index contributed by atoms with van der Waals surface area (Å²) in [7, 11) is 0. The predicted octanol–water partition coefficient (Wildman–Crippen LogP) is 5.76. The summed E-state index contributed by atoms with van der Waals surface area (Å²) < 4.78 is 0.271. The molecule has 1 nitrogen and oxygen atoms in total. The SMILES string of the molecule is BrB(Br)Br.Cc1cc(C)c(C)c(-c2ccc[nH]2)c1. The summed E-state index contributed by atoms with van der Waals surface area (Å²) in [6, 6.07) is 8.60. The molecule has 0 unspecified atom stereocenters.